The Balaban J connectivity index is 1.47. The number of carbonyl (C=O) groups is 1. The zero-order valence-corrected chi connectivity index (χ0v) is 20.0. The fourth-order valence-electron chi connectivity index (χ4n) is 4.52. The molecule has 0 radical (unpaired) electrons. The zero-order valence-electron chi connectivity index (χ0n) is 18.4. The SMILES string of the molecule is CN1C(=O)C(NC(=S)NC2c3ccccc3CC2O)N=C(c2ccccc2)c2cc(Cl)ccc21. The van der Waals surface area contributed by atoms with Crippen molar-refractivity contribution < 1.29 is 9.90 Å². The van der Waals surface area contributed by atoms with E-state index in [1.165, 1.54) is 0 Å². The molecule has 0 fully saturated rings. The minimum Gasteiger partial charge on any atom is -0.390 e. The highest BCUT2D eigenvalue weighted by Crippen LogP contribution is 2.32. The van der Waals surface area contributed by atoms with Crippen LogP contribution in [-0.4, -0.2) is 41.2 Å². The Morgan fingerprint density at radius 1 is 1.09 bits per heavy atom. The number of nitrogens with zero attached hydrogens (tertiary/aromatic N) is 2. The maximum absolute atomic E-state index is 13.4. The van der Waals surface area contributed by atoms with Crippen molar-refractivity contribution >= 4 is 46.2 Å². The van der Waals surface area contributed by atoms with Crippen LogP contribution in [0.25, 0.3) is 0 Å². The average Bonchev–Trinajstić information content (AvgIpc) is 3.11. The van der Waals surface area contributed by atoms with Gasteiger partial charge in [-0.15, -0.1) is 0 Å². The average molecular weight is 491 g/mol. The van der Waals surface area contributed by atoms with E-state index in [9.17, 15) is 9.90 Å². The number of nitrogens with one attached hydrogen (secondary N) is 2. The molecule has 3 aromatic rings. The molecular weight excluding hydrogens is 468 g/mol. The van der Waals surface area contributed by atoms with Crippen LogP contribution >= 0.6 is 23.8 Å². The summed E-state index contributed by atoms with van der Waals surface area (Å²) in [5.74, 6) is -0.258. The van der Waals surface area contributed by atoms with Gasteiger partial charge in [0, 0.05) is 29.6 Å². The summed E-state index contributed by atoms with van der Waals surface area (Å²) in [6, 6.07) is 22.6. The van der Waals surface area contributed by atoms with Gasteiger partial charge in [0.05, 0.1) is 23.5 Å². The predicted molar refractivity (Wildman–Crippen MR) is 138 cm³/mol. The second kappa shape index (κ2) is 9.18. The molecule has 1 aliphatic carbocycles. The van der Waals surface area contributed by atoms with Crippen molar-refractivity contribution in [2.24, 2.45) is 4.99 Å². The number of hydrogen-bond donors (Lipinski definition) is 3. The lowest BCUT2D eigenvalue weighted by atomic mass is 10.0. The van der Waals surface area contributed by atoms with Gasteiger partial charge in [0.1, 0.15) is 0 Å². The molecular formula is C26H23ClN4O2S. The first-order valence-electron chi connectivity index (χ1n) is 11.0. The van der Waals surface area contributed by atoms with E-state index >= 15 is 0 Å². The van der Waals surface area contributed by atoms with Crippen molar-refractivity contribution in [2.75, 3.05) is 11.9 Å². The highest BCUT2D eigenvalue weighted by atomic mass is 35.5. The molecule has 3 atom stereocenters. The molecule has 172 valence electrons. The van der Waals surface area contributed by atoms with Crippen LogP contribution in [0, 0.1) is 0 Å². The van der Waals surface area contributed by atoms with Crippen LogP contribution in [0.15, 0.2) is 77.8 Å². The van der Waals surface area contributed by atoms with E-state index in [-0.39, 0.29) is 17.1 Å². The van der Waals surface area contributed by atoms with Crippen molar-refractivity contribution in [1.29, 1.82) is 0 Å². The van der Waals surface area contributed by atoms with E-state index < -0.39 is 12.3 Å². The minimum absolute atomic E-state index is 0.243. The van der Waals surface area contributed by atoms with Crippen LogP contribution in [-0.2, 0) is 11.2 Å². The summed E-state index contributed by atoms with van der Waals surface area (Å²) in [5, 5.41) is 17.6. The fraction of sp³-hybridized carbons (Fsp3) is 0.192. The normalized spacial score (nSPS) is 21.3. The van der Waals surface area contributed by atoms with Gasteiger partial charge in [-0.25, -0.2) is 4.99 Å². The van der Waals surface area contributed by atoms with Gasteiger partial charge in [0.15, 0.2) is 5.11 Å². The van der Waals surface area contributed by atoms with Crippen molar-refractivity contribution in [3.05, 3.63) is 100 Å². The molecule has 2 aliphatic rings. The van der Waals surface area contributed by atoms with Gasteiger partial charge in [-0.1, -0.05) is 66.2 Å². The Labute approximate surface area is 208 Å². The molecule has 1 amide bonds. The number of amides is 1. The highest BCUT2D eigenvalue weighted by Gasteiger charge is 2.34. The Kier molecular flexibility index (Phi) is 6.08. The molecule has 34 heavy (non-hydrogen) atoms. The van der Waals surface area contributed by atoms with E-state index in [2.05, 4.69) is 10.6 Å². The monoisotopic (exact) mass is 490 g/mol. The molecule has 3 N–H and O–H groups in total. The lowest BCUT2D eigenvalue weighted by Gasteiger charge is -2.24. The number of benzodiazepines with no additional fused rings is 1. The zero-order chi connectivity index (χ0) is 23.8. The van der Waals surface area contributed by atoms with Crippen molar-refractivity contribution in [3.63, 3.8) is 0 Å². The topological polar surface area (TPSA) is 77.0 Å². The third-order valence-electron chi connectivity index (χ3n) is 6.20. The Hall–Kier alpha value is -3.26. The molecule has 1 heterocycles. The van der Waals surface area contributed by atoms with Gasteiger partial charge in [0.2, 0.25) is 6.17 Å². The summed E-state index contributed by atoms with van der Waals surface area (Å²) in [5.41, 5.74) is 5.05. The number of carbonyl (C=O) groups excluding carboxylic acids is 1. The first-order valence-corrected chi connectivity index (χ1v) is 11.7. The fourth-order valence-corrected chi connectivity index (χ4v) is 4.93. The number of rotatable bonds is 3. The molecule has 0 bridgehead atoms. The second-order valence-corrected chi connectivity index (χ2v) is 9.22. The Morgan fingerprint density at radius 3 is 2.62 bits per heavy atom. The maximum Gasteiger partial charge on any atom is 0.272 e. The van der Waals surface area contributed by atoms with Crippen molar-refractivity contribution in [1.82, 2.24) is 10.6 Å². The Bertz CT molecular complexity index is 1300. The van der Waals surface area contributed by atoms with Crippen LogP contribution in [0.2, 0.25) is 5.02 Å². The second-order valence-electron chi connectivity index (χ2n) is 8.37. The van der Waals surface area contributed by atoms with E-state index in [1.54, 1.807) is 18.0 Å². The van der Waals surface area contributed by atoms with Gasteiger partial charge < -0.3 is 20.6 Å². The van der Waals surface area contributed by atoms with E-state index in [0.29, 0.717) is 22.8 Å². The number of aliphatic hydroxyl groups excluding tert-OH is 1. The van der Waals surface area contributed by atoms with Gasteiger partial charge in [-0.3, -0.25) is 4.79 Å². The van der Waals surface area contributed by atoms with E-state index in [1.807, 2.05) is 66.7 Å². The maximum atomic E-state index is 13.4. The van der Waals surface area contributed by atoms with Gasteiger partial charge in [-0.05, 0) is 41.5 Å². The number of likely N-dealkylation sites (N-methyl/N-ethyl adjacent to an activating group) is 1. The summed E-state index contributed by atoms with van der Waals surface area (Å²) in [7, 11) is 1.71. The molecule has 1 aliphatic heterocycles. The van der Waals surface area contributed by atoms with Crippen LogP contribution in [0.3, 0.4) is 0 Å². The number of hydrogen-bond acceptors (Lipinski definition) is 4. The molecule has 0 aromatic heterocycles. The summed E-state index contributed by atoms with van der Waals surface area (Å²) in [6.45, 7) is 0. The highest BCUT2D eigenvalue weighted by molar-refractivity contribution is 7.80. The predicted octanol–water partition coefficient (Wildman–Crippen LogP) is 3.60. The largest absolute Gasteiger partial charge is 0.390 e. The van der Waals surface area contributed by atoms with E-state index in [4.69, 9.17) is 28.8 Å². The number of halogens is 1. The lowest BCUT2D eigenvalue weighted by molar-refractivity contribution is -0.119. The van der Waals surface area contributed by atoms with Gasteiger partial charge in [0.25, 0.3) is 5.91 Å². The lowest BCUT2D eigenvalue weighted by Crippen LogP contribution is -2.50. The smallest absolute Gasteiger partial charge is 0.272 e. The quantitative estimate of drug-likeness (QED) is 0.489. The summed E-state index contributed by atoms with van der Waals surface area (Å²) >= 11 is 11.9. The summed E-state index contributed by atoms with van der Waals surface area (Å²) in [6.07, 6.45) is -1.02. The van der Waals surface area contributed by atoms with Crippen molar-refractivity contribution in [3.8, 4) is 0 Å². The van der Waals surface area contributed by atoms with Crippen molar-refractivity contribution in [2.45, 2.75) is 24.7 Å². The number of benzene rings is 3. The number of fused-ring (bicyclic) bond motifs is 2. The number of aliphatic hydroxyl groups is 1. The minimum atomic E-state index is -0.958. The number of thiocarbonyl (C=S) groups is 1. The van der Waals surface area contributed by atoms with Gasteiger partial charge >= 0.3 is 0 Å². The van der Waals surface area contributed by atoms with Crippen LogP contribution in [0.1, 0.15) is 28.3 Å². The number of anilines is 1. The molecule has 0 spiro atoms. The molecule has 0 saturated carbocycles. The molecule has 0 saturated heterocycles. The number of aliphatic imine (C=N–C) groups is 1. The van der Waals surface area contributed by atoms with Crippen LogP contribution in [0.4, 0.5) is 5.69 Å². The molecule has 5 rings (SSSR count). The van der Waals surface area contributed by atoms with Gasteiger partial charge in [-0.2, -0.15) is 0 Å². The summed E-state index contributed by atoms with van der Waals surface area (Å²) < 4.78 is 0. The van der Waals surface area contributed by atoms with Crippen LogP contribution < -0.4 is 15.5 Å². The first kappa shape index (κ1) is 22.5. The summed E-state index contributed by atoms with van der Waals surface area (Å²) in [4.78, 5) is 19.8. The molecule has 3 aromatic carbocycles. The molecule has 3 unspecified atom stereocenters. The molecule has 8 heteroatoms. The van der Waals surface area contributed by atoms with E-state index in [0.717, 1.165) is 22.3 Å². The third-order valence-corrected chi connectivity index (χ3v) is 6.67. The first-order chi connectivity index (χ1) is 16.4. The standard InChI is InChI=1S/C26H23ClN4O2S/c1-31-20-12-11-17(27)14-19(20)22(15-7-3-2-4-8-15)28-24(25(31)33)30-26(34)29-23-18-10-6-5-9-16(18)13-21(23)32/h2-12,14,21,23-24,32H,13H2,1H3,(H2,29,30,34). The third kappa shape index (κ3) is 4.18. The Morgan fingerprint density at radius 2 is 1.82 bits per heavy atom. The molecule has 6 nitrogen and oxygen atoms in total. The van der Waals surface area contributed by atoms with Crippen LogP contribution in [0.5, 0.6) is 0 Å².